The molecule has 0 aliphatic heterocycles. The first-order chi connectivity index (χ1) is 10.6. The van der Waals surface area contributed by atoms with Crippen molar-refractivity contribution in [3.63, 3.8) is 0 Å². The molecule has 22 heavy (non-hydrogen) atoms. The molecule has 0 nitrogen and oxygen atoms in total. The van der Waals surface area contributed by atoms with Gasteiger partial charge in [0.15, 0.2) is 0 Å². The zero-order valence-electron chi connectivity index (χ0n) is 14.2. The van der Waals surface area contributed by atoms with E-state index >= 15 is 0 Å². The number of fused-ring (bicyclic) bond motifs is 4. The quantitative estimate of drug-likeness (QED) is 0.663. The predicted octanol–water partition coefficient (Wildman–Crippen LogP) is 5.26. The Labute approximate surface area is 135 Å². The molecule has 0 aromatic rings. The minimum absolute atomic E-state index is 0.600. The minimum atomic E-state index is 0.600. The lowest BCUT2D eigenvalue weighted by atomic mass is 9.71. The molecule has 0 bridgehead atoms. The third-order valence-electron chi connectivity index (χ3n) is 8.29. The van der Waals surface area contributed by atoms with Crippen LogP contribution in [0, 0.1) is 58.2 Å². The van der Waals surface area contributed by atoms with E-state index in [2.05, 4.69) is 76.3 Å². The second-order valence-corrected chi connectivity index (χ2v) is 9.00. The number of hydrogen-bond donors (Lipinski definition) is 0. The lowest BCUT2D eigenvalue weighted by molar-refractivity contribution is 0.195. The summed E-state index contributed by atoms with van der Waals surface area (Å²) in [6, 6.07) is 0. The first-order valence-corrected chi connectivity index (χ1v) is 9.29. The fourth-order valence-corrected chi connectivity index (χ4v) is 7.69. The molecule has 0 aromatic carbocycles. The van der Waals surface area contributed by atoms with Crippen LogP contribution in [0.5, 0.6) is 0 Å². The SMILES string of the molecule is CC(C)C1(C2C=CC=C2)C2C1C1C2C1(C(C)C)C1C=CC=C1. The van der Waals surface area contributed by atoms with Crippen molar-refractivity contribution in [1.82, 2.24) is 0 Å². The molecular formula is C22H28. The van der Waals surface area contributed by atoms with Crippen molar-refractivity contribution in [3.8, 4) is 0 Å². The summed E-state index contributed by atoms with van der Waals surface area (Å²) >= 11 is 0. The molecule has 0 amide bonds. The van der Waals surface area contributed by atoms with E-state index in [0.717, 1.165) is 47.3 Å². The van der Waals surface area contributed by atoms with E-state index in [4.69, 9.17) is 0 Å². The van der Waals surface area contributed by atoms with E-state index < -0.39 is 0 Å². The van der Waals surface area contributed by atoms with Crippen molar-refractivity contribution in [2.45, 2.75) is 27.7 Å². The molecule has 0 radical (unpaired) electrons. The summed E-state index contributed by atoms with van der Waals surface area (Å²) < 4.78 is 0. The summed E-state index contributed by atoms with van der Waals surface area (Å²) in [5, 5.41) is 0. The van der Waals surface area contributed by atoms with Gasteiger partial charge in [-0.25, -0.2) is 0 Å². The standard InChI is InChI=1S/C22H28/c1-13(2)21(15-9-5-6-10-15)17-18(21)20-19(17)22(20,14(3)4)16-11-7-8-12-16/h5-20H,1-4H3. The van der Waals surface area contributed by atoms with Gasteiger partial charge in [0.25, 0.3) is 0 Å². The molecule has 0 saturated heterocycles. The van der Waals surface area contributed by atoms with Gasteiger partial charge in [-0.1, -0.05) is 76.3 Å². The smallest absolute Gasteiger partial charge is 0.00175 e. The topological polar surface area (TPSA) is 0 Å². The van der Waals surface area contributed by atoms with Gasteiger partial charge in [0, 0.05) is 11.8 Å². The zero-order valence-corrected chi connectivity index (χ0v) is 14.2. The van der Waals surface area contributed by atoms with Crippen molar-refractivity contribution in [1.29, 1.82) is 0 Å². The van der Waals surface area contributed by atoms with Crippen LogP contribution < -0.4 is 0 Å². The highest BCUT2D eigenvalue weighted by Crippen LogP contribution is 2.98. The van der Waals surface area contributed by atoms with Gasteiger partial charge < -0.3 is 0 Å². The monoisotopic (exact) mass is 292 g/mol. The summed E-state index contributed by atoms with van der Waals surface area (Å²) in [6.45, 7) is 9.91. The van der Waals surface area contributed by atoms with Crippen molar-refractivity contribution < 1.29 is 0 Å². The highest BCUT2D eigenvalue weighted by Gasteiger charge is 2.95. The van der Waals surface area contributed by atoms with Crippen LogP contribution in [0.4, 0.5) is 0 Å². The molecule has 5 aliphatic carbocycles. The highest BCUT2D eigenvalue weighted by atomic mass is 15.0. The van der Waals surface area contributed by atoms with Gasteiger partial charge >= 0.3 is 0 Å². The van der Waals surface area contributed by atoms with Gasteiger partial charge in [-0.15, -0.1) is 0 Å². The second kappa shape index (κ2) is 3.89. The minimum Gasteiger partial charge on any atom is -0.0770 e. The molecule has 3 fully saturated rings. The van der Waals surface area contributed by atoms with E-state index in [1.54, 1.807) is 0 Å². The first-order valence-electron chi connectivity index (χ1n) is 9.29. The average Bonchev–Trinajstić information content (AvgIpc) is 2.99. The molecule has 116 valence electrons. The number of allylic oxidation sites excluding steroid dienone is 8. The van der Waals surface area contributed by atoms with Crippen LogP contribution in [-0.2, 0) is 0 Å². The van der Waals surface area contributed by atoms with Crippen molar-refractivity contribution >= 4 is 0 Å². The molecule has 0 aromatic heterocycles. The Morgan fingerprint density at radius 2 is 0.818 bits per heavy atom. The maximum Gasteiger partial charge on any atom is 0.00175 e. The fourth-order valence-electron chi connectivity index (χ4n) is 7.69. The molecule has 0 heterocycles. The van der Waals surface area contributed by atoms with Crippen LogP contribution in [0.3, 0.4) is 0 Å². The van der Waals surface area contributed by atoms with E-state index in [1.807, 2.05) is 0 Å². The van der Waals surface area contributed by atoms with E-state index in [-0.39, 0.29) is 0 Å². The lowest BCUT2D eigenvalue weighted by Gasteiger charge is -2.32. The van der Waals surface area contributed by atoms with Gasteiger partial charge in [-0.3, -0.25) is 0 Å². The molecule has 0 atom stereocenters. The van der Waals surface area contributed by atoms with Crippen molar-refractivity contribution in [2.75, 3.05) is 0 Å². The number of rotatable bonds is 4. The summed E-state index contributed by atoms with van der Waals surface area (Å²) in [5.41, 5.74) is 1.20. The van der Waals surface area contributed by atoms with Crippen molar-refractivity contribution in [3.05, 3.63) is 48.6 Å². The molecule has 0 N–H and O–H groups in total. The summed E-state index contributed by atoms with van der Waals surface area (Å²) in [4.78, 5) is 0. The summed E-state index contributed by atoms with van der Waals surface area (Å²) in [7, 11) is 0. The van der Waals surface area contributed by atoms with Gasteiger partial charge in [0.05, 0.1) is 0 Å². The van der Waals surface area contributed by atoms with E-state index in [9.17, 15) is 0 Å². The second-order valence-electron chi connectivity index (χ2n) is 9.00. The Morgan fingerprint density at radius 1 is 0.545 bits per heavy atom. The molecule has 3 saturated carbocycles. The number of hydrogen-bond acceptors (Lipinski definition) is 0. The average molecular weight is 292 g/mol. The van der Waals surface area contributed by atoms with Gasteiger partial charge in [-0.05, 0) is 46.3 Å². The Morgan fingerprint density at radius 3 is 1.05 bits per heavy atom. The lowest BCUT2D eigenvalue weighted by Crippen LogP contribution is -2.28. The van der Waals surface area contributed by atoms with E-state index in [1.165, 1.54) is 0 Å². The largest absolute Gasteiger partial charge is 0.0770 e. The maximum absolute atomic E-state index is 2.48. The third-order valence-corrected chi connectivity index (χ3v) is 8.29. The summed E-state index contributed by atoms with van der Waals surface area (Å²) in [6.07, 6.45) is 19.0. The molecule has 0 spiro atoms. The molecule has 0 heteroatoms. The molecule has 5 aliphatic rings. The fraction of sp³-hybridized carbons (Fsp3) is 0.636. The Bertz CT molecular complexity index is 522. The Kier molecular flexibility index (Phi) is 2.37. The molecule has 5 rings (SSSR count). The van der Waals surface area contributed by atoms with Crippen LogP contribution in [-0.4, -0.2) is 0 Å². The molecular weight excluding hydrogens is 264 g/mol. The first kappa shape index (κ1) is 13.4. The predicted molar refractivity (Wildman–Crippen MR) is 92.0 cm³/mol. The van der Waals surface area contributed by atoms with Crippen LogP contribution in [0.25, 0.3) is 0 Å². The van der Waals surface area contributed by atoms with Crippen LogP contribution in [0.15, 0.2) is 48.6 Å². The molecule has 0 unspecified atom stereocenters. The van der Waals surface area contributed by atoms with Gasteiger partial charge in [0.1, 0.15) is 0 Å². The van der Waals surface area contributed by atoms with Crippen LogP contribution in [0.1, 0.15) is 27.7 Å². The zero-order chi connectivity index (χ0) is 15.3. The Balaban J connectivity index is 1.48. The highest BCUT2D eigenvalue weighted by molar-refractivity contribution is 5.46. The van der Waals surface area contributed by atoms with E-state index in [0.29, 0.717) is 10.8 Å². The van der Waals surface area contributed by atoms with Gasteiger partial charge in [0.2, 0.25) is 0 Å². The maximum atomic E-state index is 2.48. The van der Waals surface area contributed by atoms with Crippen LogP contribution in [0.2, 0.25) is 0 Å². The third kappa shape index (κ3) is 1.15. The van der Waals surface area contributed by atoms with Gasteiger partial charge in [-0.2, -0.15) is 0 Å². The summed E-state index contributed by atoms with van der Waals surface area (Å²) in [5.74, 6) is 7.06. The van der Waals surface area contributed by atoms with Crippen molar-refractivity contribution in [2.24, 2.45) is 58.2 Å². The van der Waals surface area contributed by atoms with Crippen LogP contribution >= 0.6 is 0 Å². The normalized spacial score (nSPS) is 50.8. The Hall–Kier alpha value is -1.04.